The van der Waals surface area contributed by atoms with Crippen LogP contribution in [0.4, 0.5) is 0 Å². The van der Waals surface area contributed by atoms with Gasteiger partial charge in [-0.2, -0.15) is 0 Å². The predicted molar refractivity (Wildman–Crippen MR) is 140 cm³/mol. The molecule has 1 aromatic rings. The number of carbonyl (C=O) groups excluding carboxylic acids is 3. The molecule has 2 saturated heterocycles. The summed E-state index contributed by atoms with van der Waals surface area (Å²) >= 11 is 1.63. The van der Waals surface area contributed by atoms with Gasteiger partial charge in [0.2, 0.25) is 17.7 Å². The highest BCUT2D eigenvalue weighted by Crippen LogP contribution is 2.61. The molecule has 5 rings (SSSR count). The van der Waals surface area contributed by atoms with Crippen molar-refractivity contribution in [2.45, 2.75) is 48.3 Å². The summed E-state index contributed by atoms with van der Waals surface area (Å²) < 4.78 is -0.752. The van der Waals surface area contributed by atoms with E-state index >= 15 is 0 Å². The van der Waals surface area contributed by atoms with Crippen molar-refractivity contribution < 1.29 is 19.5 Å². The number of likely N-dealkylation sites (tertiary alicyclic amines) is 1. The van der Waals surface area contributed by atoms with Crippen LogP contribution in [0.3, 0.4) is 0 Å². The standard InChI is InChI=1S/C28H35N3O4S/c1-29-15-9-13-21-22(25(29)33)23-26(34)31(17-7-2-3-8-18-32)24-27(35)30(16-10-14-28(23,24)36-21)19-20-11-5-4-6-12-20/h4-6,9-14,21-24,32H,2-3,7-8,15-19H2,1H3/t21-,22+,23+,24?,28+/m1/s1. The van der Waals surface area contributed by atoms with Crippen LogP contribution in [0.5, 0.6) is 0 Å². The number of likely N-dealkylation sites (N-methyl/N-ethyl adjacent to an activating group) is 1. The first-order valence-corrected chi connectivity index (χ1v) is 13.9. The van der Waals surface area contributed by atoms with Crippen molar-refractivity contribution in [3.63, 3.8) is 0 Å². The molecule has 0 saturated carbocycles. The third kappa shape index (κ3) is 4.28. The molecule has 1 aromatic carbocycles. The lowest BCUT2D eigenvalue weighted by Gasteiger charge is -2.35. The maximum absolute atomic E-state index is 14.2. The average molecular weight is 510 g/mol. The second-order valence-corrected chi connectivity index (χ2v) is 11.8. The lowest BCUT2D eigenvalue weighted by Crippen LogP contribution is -2.53. The summed E-state index contributed by atoms with van der Waals surface area (Å²) in [5, 5.41) is 8.99. The molecule has 4 heterocycles. The van der Waals surface area contributed by atoms with Gasteiger partial charge in [0, 0.05) is 45.1 Å². The molecule has 0 aromatic heterocycles. The number of rotatable bonds is 8. The number of fused-ring (bicyclic) bond motifs is 2. The number of aliphatic hydroxyl groups excluding tert-OH is 1. The quantitative estimate of drug-likeness (QED) is 0.430. The molecule has 192 valence electrons. The summed E-state index contributed by atoms with van der Waals surface area (Å²) in [5.41, 5.74) is 1.05. The number of hydrogen-bond donors (Lipinski definition) is 1. The lowest BCUT2D eigenvalue weighted by atomic mass is 9.78. The van der Waals surface area contributed by atoms with Crippen molar-refractivity contribution in [1.82, 2.24) is 14.7 Å². The molecule has 3 amide bonds. The zero-order valence-corrected chi connectivity index (χ0v) is 21.6. The zero-order valence-electron chi connectivity index (χ0n) is 20.8. The molecule has 7 nitrogen and oxygen atoms in total. The first-order valence-electron chi connectivity index (χ1n) is 13.0. The van der Waals surface area contributed by atoms with Gasteiger partial charge in [0.05, 0.1) is 16.6 Å². The van der Waals surface area contributed by atoms with Crippen molar-refractivity contribution in [1.29, 1.82) is 0 Å². The van der Waals surface area contributed by atoms with Crippen molar-refractivity contribution in [2.24, 2.45) is 11.8 Å². The van der Waals surface area contributed by atoms with Crippen molar-refractivity contribution in [2.75, 3.05) is 33.3 Å². The number of aliphatic hydroxyl groups is 1. The van der Waals surface area contributed by atoms with Crippen molar-refractivity contribution in [3.8, 4) is 0 Å². The molecule has 1 N–H and O–H groups in total. The van der Waals surface area contributed by atoms with Gasteiger partial charge in [0.1, 0.15) is 6.04 Å². The van der Waals surface area contributed by atoms with Crippen LogP contribution >= 0.6 is 11.8 Å². The fraction of sp³-hybridized carbons (Fsp3) is 0.536. The van der Waals surface area contributed by atoms with E-state index in [1.807, 2.05) is 47.4 Å². The third-order valence-electron chi connectivity index (χ3n) is 7.97. The van der Waals surface area contributed by atoms with Crippen LogP contribution in [0.15, 0.2) is 54.6 Å². The van der Waals surface area contributed by atoms with Crippen LogP contribution in [-0.4, -0.2) is 86.9 Å². The molecule has 0 bridgehead atoms. The minimum absolute atomic E-state index is 0.0116. The predicted octanol–water partition coefficient (Wildman–Crippen LogP) is 2.46. The van der Waals surface area contributed by atoms with Gasteiger partial charge in [-0.15, -0.1) is 11.8 Å². The van der Waals surface area contributed by atoms with Gasteiger partial charge in [-0.05, 0) is 18.4 Å². The number of carbonyl (C=O) groups is 3. The van der Waals surface area contributed by atoms with E-state index < -0.39 is 22.6 Å². The molecular weight excluding hydrogens is 474 g/mol. The smallest absolute Gasteiger partial charge is 0.247 e. The maximum Gasteiger partial charge on any atom is 0.247 e. The molecule has 1 spiro atoms. The van der Waals surface area contributed by atoms with E-state index in [0.29, 0.717) is 26.2 Å². The van der Waals surface area contributed by atoms with E-state index in [1.54, 1.807) is 28.6 Å². The fourth-order valence-corrected chi connectivity index (χ4v) is 8.25. The SMILES string of the molecule is CN1CC=C[C@H]2S[C@]34C=CCN(Cc5ccccc5)C(=O)C3N(CCCCCCO)C(=O)[C@@H]4[C@H]2C1=O. The Balaban J connectivity index is 1.49. The molecular formula is C28H35N3O4S. The lowest BCUT2D eigenvalue weighted by molar-refractivity contribution is -0.144. The van der Waals surface area contributed by atoms with Gasteiger partial charge in [-0.25, -0.2) is 0 Å². The van der Waals surface area contributed by atoms with Crippen LogP contribution in [0.25, 0.3) is 0 Å². The van der Waals surface area contributed by atoms with E-state index in [1.165, 1.54) is 0 Å². The van der Waals surface area contributed by atoms with Crippen LogP contribution in [-0.2, 0) is 20.9 Å². The minimum Gasteiger partial charge on any atom is -0.396 e. The highest BCUT2D eigenvalue weighted by Gasteiger charge is 2.70. The zero-order chi connectivity index (χ0) is 25.3. The largest absolute Gasteiger partial charge is 0.396 e. The molecule has 4 aliphatic heterocycles. The Kier molecular flexibility index (Phi) is 7.26. The van der Waals surface area contributed by atoms with E-state index in [0.717, 1.165) is 31.2 Å². The second kappa shape index (κ2) is 10.4. The van der Waals surface area contributed by atoms with Crippen LogP contribution < -0.4 is 0 Å². The Morgan fingerprint density at radius 3 is 2.53 bits per heavy atom. The summed E-state index contributed by atoms with van der Waals surface area (Å²) in [6.45, 7) is 2.16. The van der Waals surface area contributed by atoms with Crippen LogP contribution in [0, 0.1) is 11.8 Å². The Morgan fingerprint density at radius 1 is 0.972 bits per heavy atom. The average Bonchev–Trinajstić information content (AvgIpc) is 3.20. The van der Waals surface area contributed by atoms with Gasteiger partial charge in [-0.3, -0.25) is 14.4 Å². The van der Waals surface area contributed by atoms with Crippen molar-refractivity contribution >= 4 is 29.5 Å². The van der Waals surface area contributed by atoms with E-state index in [4.69, 9.17) is 5.11 Å². The first-order chi connectivity index (χ1) is 17.5. The summed E-state index contributed by atoms with van der Waals surface area (Å²) in [6, 6.07) is 9.30. The maximum atomic E-state index is 14.2. The highest BCUT2D eigenvalue weighted by atomic mass is 32.2. The number of unbranched alkanes of at least 4 members (excludes halogenated alkanes) is 3. The normalized spacial score (nSPS) is 31.4. The number of thioether (sulfide) groups is 1. The third-order valence-corrected chi connectivity index (χ3v) is 9.71. The number of nitrogens with zero attached hydrogens (tertiary/aromatic N) is 3. The number of benzene rings is 1. The summed E-state index contributed by atoms with van der Waals surface area (Å²) in [5.74, 6) is -1.14. The molecule has 4 aliphatic rings. The molecule has 36 heavy (non-hydrogen) atoms. The Bertz CT molecular complexity index is 1060. The highest BCUT2D eigenvalue weighted by molar-refractivity contribution is 8.02. The molecule has 0 radical (unpaired) electrons. The van der Waals surface area contributed by atoms with Crippen molar-refractivity contribution in [3.05, 3.63) is 60.2 Å². The van der Waals surface area contributed by atoms with Crippen LogP contribution in [0.2, 0.25) is 0 Å². The summed E-state index contributed by atoms with van der Waals surface area (Å²) in [6.07, 6.45) is 11.5. The Labute approximate surface area is 217 Å². The van der Waals surface area contributed by atoms with Gasteiger partial charge in [0.25, 0.3) is 0 Å². The Morgan fingerprint density at radius 2 is 1.75 bits per heavy atom. The number of amides is 3. The van der Waals surface area contributed by atoms with Gasteiger partial charge >= 0.3 is 0 Å². The molecule has 2 fully saturated rings. The number of hydrogen-bond acceptors (Lipinski definition) is 5. The fourth-order valence-electron chi connectivity index (χ4n) is 6.24. The molecule has 0 aliphatic carbocycles. The monoisotopic (exact) mass is 509 g/mol. The summed E-state index contributed by atoms with van der Waals surface area (Å²) in [7, 11) is 1.79. The van der Waals surface area contributed by atoms with E-state index in [-0.39, 0.29) is 29.6 Å². The summed E-state index contributed by atoms with van der Waals surface area (Å²) in [4.78, 5) is 47.1. The van der Waals surface area contributed by atoms with Gasteiger partial charge < -0.3 is 19.8 Å². The molecule has 8 heteroatoms. The van der Waals surface area contributed by atoms with Crippen LogP contribution in [0.1, 0.15) is 31.2 Å². The topological polar surface area (TPSA) is 81.2 Å². The van der Waals surface area contributed by atoms with E-state index in [9.17, 15) is 14.4 Å². The van der Waals surface area contributed by atoms with Gasteiger partial charge in [0.15, 0.2) is 0 Å². The molecule has 5 atom stereocenters. The minimum atomic E-state index is -0.752. The van der Waals surface area contributed by atoms with E-state index in [2.05, 4.69) is 12.2 Å². The Hall–Kier alpha value is -2.58. The second-order valence-electron chi connectivity index (χ2n) is 10.3. The first kappa shape index (κ1) is 25.1. The molecule has 1 unspecified atom stereocenters. The van der Waals surface area contributed by atoms with Gasteiger partial charge in [-0.1, -0.05) is 67.5 Å².